The molecule has 3 rings (SSSR count). The molecule has 1 aliphatic rings. The number of aliphatic hydroxyl groups is 1. The summed E-state index contributed by atoms with van der Waals surface area (Å²) in [6, 6.07) is 13.1. The van der Waals surface area contributed by atoms with Crippen LogP contribution in [0.3, 0.4) is 0 Å². The molecule has 1 N–H and O–H groups in total. The maximum atomic E-state index is 12.2. The average Bonchev–Trinajstić information content (AvgIpc) is 2.81. The summed E-state index contributed by atoms with van der Waals surface area (Å²) in [5.74, 6) is 1.24. The highest BCUT2D eigenvalue weighted by Crippen LogP contribution is 2.33. The van der Waals surface area contributed by atoms with Crippen molar-refractivity contribution >= 4 is 6.09 Å². The third kappa shape index (κ3) is 6.85. The number of amides is 1. The lowest BCUT2D eigenvalue weighted by molar-refractivity contribution is -0.0170. The number of ether oxygens (including phenoxy) is 4. The maximum Gasteiger partial charge on any atom is 0.410 e. The van der Waals surface area contributed by atoms with E-state index in [0.717, 1.165) is 24.0 Å². The van der Waals surface area contributed by atoms with Crippen molar-refractivity contribution in [3.05, 3.63) is 59.2 Å². The van der Waals surface area contributed by atoms with Gasteiger partial charge in [-0.15, -0.1) is 0 Å². The number of benzene rings is 2. The topological polar surface area (TPSA) is 77.5 Å². The van der Waals surface area contributed by atoms with Gasteiger partial charge in [-0.05, 0) is 56.9 Å². The van der Waals surface area contributed by atoms with Crippen LogP contribution in [-0.4, -0.2) is 55.1 Å². The molecule has 0 spiro atoms. The zero-order valence-electron chi connectivity index (χ0n) is 20.2. The molecule has 2 aromatic rings. The summed E-state index contributed by atoms with van der Waals surface area (Å²) in [5, 5.41) is 11.0. The second kappa shape index (κ2) is 10.9. The molecule has 180 valence electrons. The van der Waals surface area contributed by atoms with Crippen LogP contribution >= 0.6 is 0 Å². The van der Waals surface area contributed by atoms with E-state index in [-0.39, 0.29) is 12.2 Å². The van der Waals surface area contributed by atoms with Gasteiger partial charge in [0.2, 0.25) is 0 Å². The Bertz CT molecular complexity index is 931. The molecule has 1 fully saturated rings. The van der Waals surface area contributed by atoms with Crippen LogP contribution in [0.5, 0.6) is 11.5 Å². The van der Waals surface area contributed by atoms with E-state index in [1.807, 2.05) is 51.1 Å². The van der Waals surface area contributed by atoms with E-state index in [0.29, 0.717) is 36.8 Å². The Morgan fingerprint density at radius 3 is 2.45 bits per heavy atom. The Kier molecular flexibility index (Phi) is 8.21. The fourth-order valence-electron chi connectivity index (χ4n) is 3.82. The van der Waals surface area contributed by atoms with Crippen molar-refractivity contribution in [2.75, 3.05) is 27.3 Å². The molecule has 0 aromatic heterocycles. The standard InChI is InChI=1S/C26H35NO6/c1-26(2,3)33-25(29)27-13-11-20(12-14-27)32-17-18-7-6-8-19(15-18)24(28)22-10-9-21(30-4)16-23(22)31-5/h6-10,15-16,20,24,28H,11-14,17H2,1-5H3. The third-order valence-corrected chi connectivity index (χ3v) is 5.58. The van der Waals surface area contributed by atoms with E-state index in [1.54, 1.807) is 31.3 Å². The SMILES string of the molecule is COc1ccc(C(O)c2cccc(COC3CCN(C(=O)OC(C)(C)C)CC3)c2)c(OC)c1. The van der Waals surface area contributed by atoms with E-state index < -0.39 is 11.7 Å². The zero-order valence-corrected chi connectivity index (χ0v) is 20.2. The molecule has 33 heavy (non-hydrogen) atoms. The number of carbonyl (C=O) groups is 1. The molecule has 0 radical (unpaired) electrons. The molecule has 1 aliphatic heterocycles. The molecule has 7 nitrogen and oxygen atoms in total. The summed E-state index contributed by atoms with van der Waals surface area (Å²) in [4.78, 5) is 14.0. The van der Waals surface area contributed by atoms with Gasteiger partial charge in [0.15, 0.2) is 0 Å². The Hall–Kier alpha value is -2.77. The normalized spacial score (nSPS) is 15.8. The summed E-state index contributed by atoms with van der Waals surface area (Å²) < 4.78 is 22.2. The van der Waals surface area contributed by atoms with E-state index in [4.69, 9.17) is 18.9 Å². The second-order valence-corrected chi connectivity index (χ2v) is 9.23. The molecule has 1 amide bonds. The van der Waals surface area contributed by atoms with Gasteiger partial charge in [-0.25, -0.2) is 4.79 Å². The molecule has 7 heteroatoms. The number of nitrogens with zero attached hydrogens (tertiary/aromatic N) is 1. The quantitative estimate of drug-likeness (QED) is 0.649. The molecule has 0 bridgehead atoms. The van der Waals surface area contributed by atoms with Crippen LogP contribution in [0.25, 0.3) is 0 Å². The van der Waals surface area contributed by atoms with Gasteiger partial charge in [-0.3, -0.25) is 0 Å². The number of aliphatic hydroxyl groups excluding tert-OH is 1. The van der Waals surface area contributed by atoms with Crippen molar-refractivity contribution in [1.29, 1.82) is 0 Å². The first kappa shape index (κ1) is 24.9. The van der Waals surface area contributed by atoms with Gasteiger partial charge >= 0.3 is 6.09 Å². The number of rotatable bonds is 7. The van der Waals surface area contributed by atoms with Gasteiger partial charge in [0, 0.05) is 24.7 Å². The summed E-state index contributed by atoms with van der Waals surface area (Å²) >= 11 is 0. The van der Waals surface area contributed by atoms with Crippen molar-refractivity contribution in [2.24, 2.45) is 0 Å². The lowest BCUT2D eigenvalue weighted by atomic mass is 9.99. The first-order valence-electron chi connectivity index (χ1n) is 11.3. The van der Waals surface area contributed by atoms with E-state index in [1.165, 1.54) is 0 Å². The fourth-order valence-corrected chi connectivity index (χ4v) is 3.82. The Labute approximate surface area is 196 Å². The lowest BCUT2D eigenvalue weighted by Crippen LogP contribution is -2.43. The van der Waals surface area contributed by atoms with Gasteiger partial charge in [-0.2, -0.15) is 0 Å². The summed E-state index contributed by atoms with van der Waals surface area (Å²) in [5.41, 5.74) is 1.93. The predicted octanol–water partition coefficient (Wildman–Crippen LogP) is 4.70. The summed E-state index contributed by atoms with van der Waals surface area (Å²) in [7, 11) is 3.17. The van der Waals surface area contributed by atoms with Crippen LogP contribution in [-0.2, 0) is 16.1 Å². The first-order valence-corrected chi connectivity index (χ1v) is 11.3. The number of hydrogen-bond donors (Lipinski definition) is 1. The number of likely N-dealkylation sites (tertiary alicyclic amines) is 1. The van der Waals surface area contributed by atoms with Crippen LogP contribution < -0.4 is 9.47 Å². The monoisotopic (exact) mass is 457 g/mol. The van der Waals surface area contributed by atoms with Crippen molar-refractivity contribution in [2.45, 2.75) is 58.0 Å². The van der Waals surface area contributed by atoms with Crippen molar-refractivity contribution in [1.82, 2.24) is 4.90 Å². The Morgan fingerprint density at radius 2 is 1.82 bits per heavy atom. The minimum atomic E-state index is -0.831. The van der Waals surface area contributed by atoms with Crippen molar-refractivity contribution in [3.63, 3.8) is 0 Å². The number of piperidine rings is 1. The minimum Gasteiger partial charge on any atom is -0.497 e. The summed E-state index contributed by atoms with van der Waals surface area (Å²) in [6.07, 6.45) is 0.522. The number of carbonyl (C=O) groups excluding carboxylic acids is 1. The molecular formula is C26H35NO6. The van der Waals surface area contributed by atoms with Gasteiger partial charge < -0.3 is 29.0 Å². The molecule has 0 aliphatic carbocycles. The van der Waals surface area contributed by atoms with Crippen molar-refractivity contribution in [3.8, 4) is 11.5 Å². The van der Waals surface area contributed by atoms with Gasteiger partial charge in [-0.1, -0.05) is 24.3 Å². The molecule has 1 atom stereocenters. The third-order valence-electron chi connectivity index (χ3n) is 5.58. The Morgan fingerprint density at radius 1 is 1.09 bits per heavy atom. The van der Waals surface area contributed by atoms with E-state index in [2.05, 4.69) is 0 Å². The van der Waals surface area contributed by atoms with Crippen LogP contribution in [0.4, 0.5) is 4.79 Å². The van der Waals surface area contributed by atoms with E-state index in [9.17, 15) is 9.90 Å². The largest absolute Gasteiger partial charge is 0.497 e. The molecule has 1 heterocycles. The van der Waals surface area contributed by atoms with Crippen LogP contribution in [0.1, 0.15) is 56.4 Å². The molecule has 1 saturated heterocycles. The molecule has 1 unspecified atom stereocenters. The summed E-state index contributed by atoms with van der Waals surface area (Å²) in [6.45, 7) is 7.30. The molecule has 0 saturated carbocycles. The van der Waals surface area contributed by atoms with Gasteiger partial charge in [0.05, 0.1) is 26.9 Å². The second-order valence-electron chi connectivity index (χ2n) is 9.23. The van der Waals surface area contributed by atoms with Crippen molar-refractivity contribution < 1.29 is 28.8 Å². The number of hydrogen-bond acceptors (Lipinski definition) is 6. The molecular weight excluding hydrogens is 422 g/mol. The maximum absolute atomic E-state index is 12.2. The van der Waals surface area contributed by atoms with Crippen LogP contribution in [0, 0.1) is 0 Å². The number of methoxy groups -OCH3 is 2. The van der Waals surface area contributed by atoms with Crippen LogP contribution in [0.2, 0.25) is 0 Å². The highest BCUT2D eigenvalue weighted by molar-refractivity contribution is 5.68. The lowest BCUT2D eigenvalue weighted by Gasteiger charge is -2.33. The van der Waals surface area contributed by atoms with Gasteiger partial charge in [0.25, 0.3) is 0 Å². The van der Waals surface area contributed by atoms with Crippen LogP contribution in [0.15, 0.2) is 42.5 Å². The Balaban J connectivity index is 1.56. The predicted molar refractivity (Wildman–Crippen MR) is 126 cm³/mol. The zero-order chi connectivity index (χ0) is 24.0. The fraction of sp³-hybridized carbons (Fsp3) is 0.500. The molecule has 2 aromatic carbocycles. The average molecular weight is 458 g/mol. The highest BCUT2D eigenvalue weighted by atomic mass is 16.6. The first-order chi connectivity index (χ1) is 15.7. The van der Waals surface area contributed by atoms with E-state index >= 15 is 0 Å². The van der Waals surface area contributed by atoms with Gasteiger partial charge in [0.1, 0.15) is 23.2 Å². The highest BCUT2D eigenvalue weighted by Gasteiger charge is 2.27. The minimum absolute atomic E-state index is 0.0824. The smallest absolute Gasteiger partial charge is 0.410 e.